The number of hydrogen-bond acceptors (Lipinski definition) is 6. The SMILES string of the molecule is Cc1nonc1CN(C)C1CCC2(CC1)CCN(C(=O)c1ccco1)CC2. The Balaban J connectivity index is 1.28. The normalized spacial score (nSPS) is 20.5. The maximum Gasteiger partial charge on any atom is 0.289 e. The summed E-state index contributed by atoms with van der Waals surface area (Å²) in [6.45, 7) is 4.40. The molecule has 4 rings (SSSR count). The predicted molar refractivity (Wildman–Crippen MR) is 99.0 cm³/mol. The van der Waals surface area contributed by atoms with Gasteiger partial charge in [0.05, 0.1) is 6.26 Å². The number of likely N-dealkylation sites (tertiary alicyclic amines) is 1. The average molecular weight is 372 g/mol. The van der Waals surface area contributed by atoms with Crippen molar-refractivity contribution in [2.45, 2.75) is 58.0 Å². The zero-order valence-electron chi connectivity index (χ0n) is 16.2. The van der Waals surface area contributed by atoms with Gasteiger partial charge in [0, 0.05) is 25.7 Å². The van der Waals surface area contributed by atoms with Gasteiger partial charge >= 0.3 is 0 Å². The molecule has 1 saturated heterocycles. The largest absolute Gasteiger partial charge is 0.459 e. The van der Waals surface area contributed by atoms with Crippen LogP contribution < -0.4 is 0 Å². The topological polar surface area (TPSA) is 75.6 Å². The van der Waals surface area contributed by atoms with E-state index in [2.05, 4.69) is 22.3 Å². The van der Waals surface area contributed by atoms with Crippen LogP contribution in [0.5, 0.6) is 0 Å². The summed E-state index contributed by atoms with van der Waals surface area (Å²) in [4.78, 5) is 16.8. The molecule has 146 valence electrons. The first-order valence-corrected chi connectivity index (χ1v) is 9.87. The quantitative estimate of drug-likeness (QED) is 0.820. The molecule has 0 atom stereocenters. The summed E-state index contributed by atoms with van der Waals surface area (Å²) in [5.41, 5.74) is 2.22. The molecule has 7 nitrogen and oxygen atoms in total. The van der Waals surface area contributed by atoms with E-state index in [9.17, 15) is 4.79 Å². The van der Waals surface area contributed by atoms with Crippen molar-refractivity contribution in [1.29, 1.82) is 0 Å². The van der Waals surface area contributed by atoms with Crippen molar-refractivity contribution in [2.75, 3.05) is 20.1 Å². The second kappa shape index (κ2) is 7.46. The average Bonchev–Trinajstić information content (AvgIpc) is 3.35. The number of aromatic nitrogens is 2. The number of carbonyl (C=O) groups is 1. The fourth-order valence-electron chi connectivity index (χ4n) is 4.65. The van der Waals surface area contributed by atoms with E-state index in [1.165, 1.54) is 25.7 Å². The van der Waals surface area contributed by atoms with Crippen LogP contribution in [0.25, 0.3) is 0 Å². The van der Waals surface area contributed by atoms with E-state index >= 15 is 0 Å². The minimum Gasteiger partial charge on any atom is -0.459 e. The van der Waals surface area contributed by atoms with Crippen molar-refractivity contribution < 1.29 is 13.8 Å². The third kappa shape index (κ3) is 3.78. The first-order valence-electron chi connectivity index (χ1n) is 9.87. The van der Waals surface area contributed by atoms with Crippen molar-refractivity contribution in [3.05, 3.63) is 35.5 Å². The Morgan fingerprint density at radius 1 is 1.26 bits per heavy atom. The molecule has 3 heterocycles. The summed E-state index contributed by atoms with van der Waals surface area (Å²) < 4.78 is 10.1. The van der Waals surface area contributed by atoms with Gasteiger partial charge in [-0.15, -0.1) is 0 Å². The molecule has 0 radical (unpaired) electrons. The van der Waals surface area contributed by atoms with Gasteiger partial charge in [0.1, 0.15) is 11.4 Å². The molecular formula is C20H28N4O3. The number of carbonyl (C=O) groups excluding carboxylic acids is 1. The zero-order valence-corrected chi connectivity index (χ0v) is 16.2. The summed E-state index contributed by atoms with van der Waals surface area (Å²) >= 11 is 0. The summed E-state index contributed by atoms with van der Waals surface area (Å²) in [5, 5.41) is 7.88. The van der Waals surface area contributed by atoms with Crippen molar-refractivity contribution in [3.63, 3.8) is 0 Å². The number of amides is 1. The van der Waals surface area contributed by atoms with Crippen LogP contribution in [0, 0.1) is 12.3 Å². The molecule has 2 aliphatic rings. The van der Waals surface area contributed by atoms with E-state index in [1.807, 2.05) is 11.8 Å². The van der Waals surface area contributed by atoms with Gasteiger partial charge in [0.15, 0.2) is 5.76 Å². The number of furan rings is 1. The van der Waals surface area contributed by atoms with Crippen LogP contribution in [-0.2, 0) is 6.54 Å². The summed E-state index contributed by atoms with van der Waals surface area (Å²) in [6, 6.07) is 4.10. The molecule has 0 bridgehead atoms. The highest BCUT2D eigenvalue weighted by atomic mass is 16.6. The number of rotatable bonds is 4. The van der Waals surface area contributed by atoms with Gasteiger partial charge in [-0.2, -0.15) is 0 Å². The fourth-order valence-corrected chi connectivity index (χ4v) is 4.65. The smallest absolute Gasteiger partial charge is 0.289 e. The molecule has 2 fully saturated rings. The monoisotopic (exact) mass is 372 g/mol. The van der Waals surface area contributed by atoms with Crippen LogP contribution in [0.1, 0.15) is 60.5 Å². The lowest BCUT2D eigenvalue weighted by molar-refractivity contribution is 0.0298. The van der Waals surface area contributed by atoms with Crippen LogP contribution in [0.3, 0.4) is 0 Å². The van der Waals surface area contributed by atoms with Crippen LogP contribution in [0.4, 0.5) is 0 Å². The van der Waals surface area contributed by atoms with Gasteiger partial charge in [0.2, 0.25) is 0 Å². The van der Waals surface area contributed by atoms with Crippen molar-refractivity contribution in [1.82, 2.24) is 20.1 Å². The van der Waals surface area contributed by atoms with Gasteiger partial charge in [-0.1, -0.05) is 10.3 Å². The van der Waals surface area contributed by atoms with Gasteiger partial charge in [-0.05, 0) is 70.0 Å². The molecule has 0 N–H and O–H groups in total. The van der Waals surface area contributed by atoms with E-state index in [4.69, 9.17) is 9.05 Å². The Morgan fingerprint density at radius 3 is 2.59 bits per heavy atom. The zero-order chi connectivity index (χ0) is 18.9. The molecule has 27 heavy (non-hydrogen) atoms. The lowest BCUT2D eigenvalue weighted by atomic mass is 9.66. The Kier molecular flexibility index (Phi) is 5.04. The fraction of sp³-hybridized carbons (Fsp3) is 0.650. The van der Waals surface area contributed by atoms with Crippen LogP contribution in [0.2, 0.25) is 0 Å². The maximum absolute atomic E-state index is 12.5. The number of piperidine rings is 1. The van der Waals surface area contributed by atoms with Gasteiger partial charge in [-0.25, -0.2) is 4.63 Å². The van der Waals surface area contributed by atoms with E-state index in [0.29, 0.717) is 17.2 Å². The number of aryl methyl sites for hydroxylation is 1. The Hall–Kier alpha value is -2.15. The third-order valence-corrected chi connectivity index (χ3v) is 6.63. The highest BCUT2D eigenvalue weighted by Gasteiger charge is 2.40. The highest BCUT2D eigenvalue weighted by molar-refractivity contribution is 5.91. The predicted octanol–water partition coefficient (Wildman–Crippen LogP) is 3.27. The molecule has 1 amide bonds. The second-order valence-electron chi connectivity index (χ2n) is 8.21. The minimum atomic E-state index is 0.0276. The summed E-state index contributed by atoms with van der Waals surface area (Å²) in [5.74, 6) is 0.480. The minimum absolute atomic E-state index is 0.0276. The van der Waals surface area contributed by atoms with Crippen LogP contribution in [-0.4, -0.2) is 52.2 Å². The summed E-state index contributed by atoms with van der Waals surface area (Å²) in [6.07, 6.45) is 8.64. The Morgan fingerprint density at radius 2 is 2.00 bits per heavy atom. The van der Waals surface area contributed by atoms with E-state index in [0.717, 1.165) is 43.9 Å². The lowest BCUT2D eigenvalue weighted by Crippen LogP contribution is -2.46. The first-order chi connectivity index (χ1) is 13.1. The molecule has 1 aliphatic heterocycles. The summed E-state index contributed by atoms with van der Waals surface area (Å²) in [7, 11) is 2.17. The molecule has 7 heteroatoms. The highest BCUT2D eigenvalue weighted by Crippen LogP contribution is 2.45. The van der Waals surface area contributed by atoms with Crippen LogP contribution in [0.15, 0.2) is 27.4 Å². The molecule has 1 saturated carbocycles. The Bertz CT molecular complexity index is 752. The standard InChI is InChI=1S/C20H28N4O3/c1-15-17(22-27-21-15)14-23(2)16-5-7-20(8-6-16)9-11-24(12-10-20)19(25)18-4-3-13-26-18/h3-4,13,16H,5-12,14H2,1-2H3. The van der Waals surface area contributed by atoms with Gasteiger partial charge in [-0.3, -0.25) is 9.69 Å². The molecule has 0 aromatic carbocycles. The van der Waals surface area contributed by atoms with Crippen molar-refractivity contribution >= 4 is 5.91 Å². The molecule has 0 unspecified atom stereocenters. The van der Waals surface area contributed by atoms with Crippen LogP contribution >= 0.6 is 0 Å². The first kappa shape index (κ1) is 18.2. The second-order valence-corrected chi connectivity index (χ2v) is 8.21. The maximum atomic E-state index is 12.5. The number of hydrogen-bond donors (Lipinski definition) is 0. The molecular weight excluding hydrogens is 344 g/mol. The number of nitrogens with zero attached hydrogens (tertiary/aromatic N) is 4. The van der Waals surface area contributed by atoms with Crippen molar-refractivity contribution in [3.8, 4) is 0 Å². The van der Waals surface area contributed by atoms with E-state index in [-0.39, 0.29) is 5.91 Å². The van der Waals surface area contributed by atoms with E-state index < -0.39 is 0 Å². The molecule has 2 aromatic rings. The Labute approximate surface area is 159 Å². The lowest BCUT2D eigenvalue weighted by Gasteiger charge is -2.47. The van der Waals surface area contributed by atoms with E-state index in [1.54, 1.807) is 18.4 Å². The third-order valence-electron chi connectivity index (χ3n) is 6.63. The van der Waals surface area contributed by atoms with Gasteiger partial charge < -0.3 is 9.32 Å². The van der Waals surface area contributed by atoms with Crippen molar-refractivity contribution in [2.24, 2.45) is 5.41 Å². The van der Waals surface area contributed by atoms with Gasteiger partial charge in [0.25, 0.3) is 5.91 Å². The molecule has 2 aromatic heterocycles. The molecule has 1 spiro atoms. The molecule has 1 aliphatic carbocycles.